The average molecular weight is 1070 g/mol. The van der Waals surface area contributed by atoms with Gasteiger partial charge in [-0.15, -0.1) is 0 Å². The monoisotopic (exact) mass is 1070 g/mol. The third-order valence-electron chi connectivity index (χ3n) is 8.10. The summed E-state index contributed by atoms with van der Waals surface area (Å²) < 4.78 is 59.6. The molecule has 0 N–H and O–H groups in total. The second kappa shape index (κ2) is 20.0. The molecule has 7 aromatic carbocycles. The van der Waals surface area contributed by atoms with E-state index in [9.17, 15) is 16.9 Å². The molecule has 0 nitrogen and oxygen atoms in total. The Balaban J connectivity index is 0.000000175. The van der Waals surface area contributed by atoms with Crippen molar-refractivity contribution in [2.24, 2.45) is 0 Å². The number of rotatable bonds is 6. The van der Waals surface area contributed by atoms with Gasteiger partial charge in [0, 0.05) is 20.1 Å². The van der Waals surface area contributed by atoms with E-state index >= 15 is 0 Å². The molecule has 0 amide bonds. The Morgan fingerprint density at radius 2 is 0.455 bits per heavy atom. The van der Waals surface area contributed by atoms with Crippen LogP contribution < -0.4 is 31.8 Å². The Labute approximate surface area is 338 Å². The van der Waals surface area contributed by atoms with Crippen LogP contribution in [0.15, 0.2) is 206 Å². The van der Waals surface area contributed by atoms with Gasteiger partial charge in [-0.05, 0) is 78.1 Å². The number of benzene rings is 7. The molecule has 0 unspecified atom stereocenters. The molecule has 0 saturated heterocycles. The largest absolute Gasteiger partial charge is 0.0622 e. The van der Waals surface area contributed by atoms with Crippen molar-refractivity contribution in [1.82, 2.24) is 0 Å². The first-order valence-electron chi connectivity index (χ1n) is 17.4. The normalized spacial score (nSPS) is 12.8. The Hall–Kier alpha value is -3.55. The van der Waals surface area contributed by atoms with Crippen molar-refractivity contribution in [3.63, 3.8) is 0 Å². The van der Waals surface area contributed by atoms with Gasteiger partial charge in [0.05, 0.1) is 0 Å². The van der Waals surface area contributed by atoms with Crippen LogP contribution in [-0.4, -0.2) is 19.5 Å². The van der Waals surface area contributed by atoms with Gasteiger partial charge in [-0.1, -0.05) is 206 Å². The quantitative estimate of drug-likeness (QED) is 0.0885. The van der Waals surface area contributed by atoms with Crippen molar-refractivity contribution >= 4 is 67.1 Å². The predicted molar refractivity (Wildman–Crippen MR) is 221 cm³/mol. The molecule has 1 aliphatic rings. The first kappa shape index (κ1) is 44.2. The second-order valence-corrected chi connectivity index (χ2v) is 22.2. The van der Waals surface area contributed by atoms with Crippen LogP contribution in [0, 0.1) is 0 Å². The first-order chi connectivity index (χ1) is 25.8. The number of aryl methyl sites for hydroxylation is 2. The number of fused-ring (bicyclic) bond motifs is 1. The van der Waals surface area contributed by atoms with Gasteiger partial charge in [0.2, 0.25) is 0 Å². The van der Waals surface area contributed by atoms with Crippen LogP contribution in [0.25, 0.3) is 0 Å². The number of hydrogen-bond donors (Lipinski definition) is 0. The summed E-state index contributed by atoms with van der Waals surface area (Å²) in [6, 6.07) is 73.4. The van der Waals surface area contributed by atoms with Gasteiger partial charge in [0.1, 0.15) is 0 Å². The van der Waals surface area contributed by atoms with Gasteiger partial charge in [-0.3, -0.25) is 0 Å². The van der Waals surface area contributed by atoms with E-state index < -0.39 is 35.3 Å². The molecule has 7 aromatic rings. The molecule has 0 fully saturated rings. The Morgan fingerprint density at radius 3 is 0.636 bits per heavy atom. The molecule has 0 bridgehead atoms. The van der Waals surface area contributed by atoms with Gasteiger partial charge >= 0.3 is 36.4 Å². The molecular formula is C45H40F6IrP2Sb-. The number of hydrogen-bond acceptors (Lipinski definition) is 0. The summed E-state index contributed by atoms with van der Waals surface area (Å²) in [4.78, 5) is 0. The van der Waals surface area contributed by atoms with Crippen LogP contribution in [0.1, 0.15) is 17.5 Å². The molecule has 1 radical (unpaired) electrons. The predicted octanol–water partition coefficient (Wildman–Crippen LogP) is 11.2. The second-order valence-electron chi connectivity index (χ2n) is 12.3. The van der Waals surface area contributed by atoms with E-state index in [1.807, 2.05) is 0 Å². The molecule has 1 aliphatic carbocycles. The Bertz CT molecular complexity index is 1790. The van der Waals surface area contributed by atoms with Gasteiger partial charge in [-0.2, -0.15) is 0 Å². The van der Waals surface area contributed by atoms with Gasteiger partial charge in [0.15, 0.2) is 0 Å². The first-order valence-corrected chi connectivity index (χ1v) is 25.8. The van der Waals surface area contributed by atoms with E-state index in [-0.39, 0.29) is 20.1 Å². The summed E-state index contributed by atoms with van der Waals surface area (Å²) in [6.07, 6.45) is 3.96. The molecule has 0 atom stereocenters. The van der Waals surface area contributed by atoms with Crippen molar-refractivity contribution in [2.75, 3.05) is 0 Å². The van der Waals surface area contributed by atoms with Gasteiger partial charge in [0.25, 0.3) is 0 Å². The van der Waals surface area contributed by atoms with E-state index in [1.54, 1.807) is 11.1 Å². The molecule has 287 valence electrons. The third-order valence-corrected chi connectivity index (χ3v) is 13.0. The molecular weight excluding hydrogens is 1030 g/mol. The molecule has 10 heteroatoms. The zero-order valence-corrected chi connectivity index (χ0v) is 36.4. The molecule has 0 spiro atoms. The van der Waals surface area contributed by atoms with Crippen molar-refractivity contribution < 1.29 is 37.0 Å². The van der Waals surface area contributed by atoms with Crippen molar-refractivity contribution in [3.05, 3.63) is 217 Å². The van der Waals surface area contributed by atoms with E-state index in [0.717, 1.165) is 0 Å². The Morgan fingerprint density at radius 1 is 0.291 bits per heavy atom. The van der Waals surface area contributed by atoms with E-state index in [2.05, 4.69) is 206 Å². The molecule has 8 rings (SSSR count). The fourth-order valence-corrected chi connectivity index (χ4v) is 10.5. The fraction of sp³-hybridized carbons (Fsp3) is 0.0667. The maximum absolute atomic E-state index is 11.2. The van der Waals surface area contributed by atoms with Crippen LogP contribution in [-0.2, 0) is 32.9 Å². The van der Waals surface area contributed by atoms with Crippen molar-refractivity contribution in [1.29, 1.82) is 0 Å². The topological polar surface area (TPSA) is 0 Å². The van der Waals surface area contributed by atoms with E-state index in [0.29, 0.717) is 0 Å². The van der Waals surface area contributed by atoms with E-state index in [1.165, 1.54) is 51.1 Å². The van der Waals surface area contributed by atoms with Crippen molar-refractivity contribution in [3.8, 4) is 0 Å². The number of halogens is 6. The maximum atomic E-state index is 9.93. The fourth-order valence-electron chi connectivity index (χ4n) is 5.87. The summed E-state index contributed by atoms with van der Waals surface area (Å²) in [6.45, 7) is 0. The minimum Gasteiger partial charge on any atom is -0.0622 e. The zero-order valence-electron chi connectivity index (χ0n) is 29.7. The maximum Gasteiger partial charge on any atom is 0 e. The molecule has 0 heterocycles. The smallest absolute Gasteiger partial charge is 0 e. The average Bonchev–Trinajstić information content (AvgIpc) is 3.67. The van der Waals surface area contributed by atoms with E-state index in [4.69, 9.17) is 0 Å². The minimum absolute atomic E-state index is 0. The molecule has 0 aromatic heterocycles. The minimum atomic E-state index is -11.2. The summed E-state index contributed by atoms with van der Waals surface area (Å²) >= 11 is -11.2. The van der Waals surface area contributed by atoms with Crippen LogP contribution in [0.5, 0.6) is 0 Å². The van der Waals surface area contributed by atoms with Crippen LogP contribution >= 0.6 is 15.8 Å². The van der Waals surface area contributed by atoms with Crippen LogP contribution in [0.2, 0.25) is 0 Å². The summed E-state index contributed by atoms with van der Waals surface area (Å²) in [5, 5.41) is 8.39. The summed E-state index contributed by atoms with van der Waals surface area (Å²) in [5.74, 6) is 0. The molecule has 0 saturated carbocycles. The summed E-state index contributed by atoms with van der Waals surface area (Å²) in [7, 11) is -0.892. The standard InChI is InChI=1S/2C18H15P.C9H10.6FH.Ir.Sb/c2*1-4-10-16(11-5-1)19(17-12-6-2-7-13-17)18-14-8-3-9-15-18;1-2-5-9-7-3-6-8(9)4-1;;;;;;;;/h2*1-15H;1-2,4-5H,3,6-7H2;6*1H;;/q;;;;;;;;;;+5/p-6. The molecule has 0 aliphatic heterocycles. The van der Waals surface area contributed by atoms with Crippen molar-refractivity contribution in [2.45, 2.75) is 19.3 Å². The van der Waals surface area contributed by atoms with Gasteiger partial charge in [-0.25, -0.2) is 0 Å². The molecule has 55 heavy (non-hydrogen) atoms. The zero-order chi connectivity index (χ0) is 38.3. The van der Waals surface area contributed by atoms with Crippen LogP contribution in [0.3, 0.4) is 0 Å². The van der Waals surface area contributed by atoms with Crippen LogP contribution in [0.4, 0.5) is 16.9 Å². The van der Waals surface area contributed by atoms with Gasteiger partial charge < -0.3 is 0 Å². The third kappa shape index (κ3) is 16.2. The summed E-state index contributed by atoms with van der Waals surface area (Å²) in [5.41, 5.74) is 3.13. The Kier molecular flexibility index (Phi) is 16.1. The SMILES string of the molecule is [F][Sb-]([F])([F])([F])([F])[F].[Ir].c1ccc(P(c2ccccc2)c2ccccc2)cc1.c1ccc(P(c2ccccc2)c2ccccc2)cc1.c1ccc2c(c1)CCC2.